The number of anilines is 1. The lowest BCUT2D eigenvalue weighted by Gasteiger charge is -2.24. The van der Waals surface area contributed by atoms with Crippen LogP contribution >= 0.6 is 12.4 Å². The minimum absolute atomic E-state index is 0. The molecular formula is C11H17ClN4O2. The van der Waals surface area contributed by atoms with Gasteiger partial charge in [-0.15, -0.1) is 12.4 Å². The number of rotatable bonds is 3. The molecule has 1 aromatic rings. The van der Waals surface area contributed by atoms with E-state index >= 15 is 0 Å². The van der Waals surface area contributed by atoms with Crippen LogP contribution in [0.25, 0.3) is 0 Å². The van der Waals surface area contributed by atoms with Crippen LogP contribution in [0.1, 0.15) is 18.4 Å². The molecule has 7 heteroatoms. The Morgan fingerprint density at radius 2 is 2.17 bits per heavy atom. The second kappa shape index (κ2) is 6.51. The summed E-state index contributed by atoms with van der Waals surface area (Å²) in [5.74, 6) is 0.722. The Morgan fingerprint density at radius 3 is 2.72 bits per heavy atom. The third-order valence-corrected chi connectivity index (χ3v) is 2.97. The quantitative estimate of drug-likeness (QED) is 0.649. The molecule has 0 aromatic carbocycles. The Bertz CT molecular complexity index is 422. The number of pyridine rings is 1. The van der Waals surface area contributed by atoms with Gasteiger partial charge in [-0.3, -0.25) is 10.1 Å². The van der Waals surface area contributed by atoms with Crippen molar-refractivity contribution in [3.63, 3.8) is 0 Å². The van der Waals surface area contributed by atoms with E-state index in [0.29, 0.717) is 11.6 Å². The molecule has 1 aliphatic heterocycles. The number of hydrogen-bond donors (Lipinski definition) is 2. The van der Waals surface area contributed by atoms with Crippen LogP contribution in [0.5, 0.6) is 0 Å². The summed E-state index contributed by atoms with van der Waals surface area (Å²) in [5, 5.41) is 17.3. The first-order valence-electron chi connectivity index (χ1n) is 5.75. The first kappa shape index (κ1) is 14.7. The van der Waals surface area contributed by atoms with Crippen molar-refractivity contribution in [2.45, 2.75) is 25.8 Å². The Morgan fingerprint density at radius 1 is 1.50 bits per heavy atom. The van der Waals surface area contributed by atoms with Crippen molar-refractivity contribution in [2.75, 3.05) is 18.4 Å². The van der Waals surface area contributed by atoms with Crippen LogP contribution < -0.4 is 10.6 Å². The molecule has 1 fully saturated rings. The Balaban J connectivity index is 0.00000162. The predicted molar refractivity (Wildman–Crippen MR) is 72.4 cm³/mol. The van der Waals surface area contributed by atoms with Crippen molar-refractivity contribution >= 4 is 23.9 Å². The van der Waals surface area contributed by atoms with Crippen LogP contribution in [0.2, 0.25) is 0 Å². The van der Waals surface area contributed by atoms with Gasteiger partial charge in [0, 0.05) is 11.6 Å². The maximum atomic E-state index is 10.7. The lowest BCUT2D eigenvalue weighted by atomic mass is 10.1. The highest BCUT2D eigenvalue weighted by molar-refractivity contribution is 5.85. The summed E-state index contributed by atoms with van der Waals surface area (Å²) < 4.78 is 0. The van der Waals surface area contributed by atoms with E-state index in [4.69, 9.17) is 0 Å². The Labute approximate surface area is 112 Å². The fourth-order valence-corrected chi connectivity index (χ4v) is 1.99. The topological polar surface area (TPSA) is 80.1 Å². The van der Waals surface area contributed by atoms with Crippen LogP contribution in [0.15, 0.2) is 12.3 Å². The number of nitro groups is 1. The van der Waals surface area contributed by atoms with Crippen LogP contribution in [-0.2, 0) is 0 Å². The summed E-state index contributed by atoms with van der Waals surface area (Å²) in [7, 11) is 0. The number of nitrogens with one attached hydrogen (secondary N) is 2. The first-order chi connectivity index (χ1) is 8.16. The molecule has 1 saturated heterocycles. The van der Waals surface area contributed by atoms with Crippen molar-refractivity contribution in [3.05, 3.63) is 27.9 Å². The normalized spacial score (nSPS) is 15.8. The summed E-state index contributed by atoms with van der Waals surface area (Å²) in [6, 6.07) is 2.14. The summed E-state index contributed by atoms with van der Waals surface area (Å²) in [5.41, 5.74) is 0.710. The molecule has 0 aliphatic carbocycles. The SMILES string of the molecule is Cc1cc(NC2CCNCC2)ncc1[N+](=O)[O-].Cl. The highest BCUT2D eigenvalue weighted by Gasteiger charge is 2.15. The number of piperidine rings is 1. The molecule has 0 atom stereocenters. The number of hydrogen-bond acceptors (Lipinski definition) is 5. The summed E-state index contributed by atoms with van der Waals surface area (Å²) in [6.07, 6.45) is 3.42. The molecule has 18 heavy (non-hydrogen) atoms. The van der Waals surface area contributed by atoms with Crippen LogP contribution in [0, 0.1) is 17.0 Å². The van der Waals surface area contributed by atoms with Crippen LogP contribution in [0.3, 0.4) is 0 Å². The smallest absolute Gasteiger partial charge is 0.290 e. The van der Waals surface area contributed by atoms with E-state index in [1.54, 1.807) is 13.0 Å². The van der Waals surface area contributed by atoms with Gasteiger partial charge in [0.05, 0.1) is 4.92 Å². The third-order valence-electron chi connectivity index (χ3n) is 2.97. The number of halogens is 1. The summed E-state index contributed by atoms with van der Waals surface area (Å²) in [4.78, 5) is 14.3. The second-order valence-corrected chi connectivity index (χ2v) is 4.28. The van der Waals surface area contributed by atoms with E-state index < -0.39 is 4.92 Å². The maximum Gasteiger partial charge on any atom is 0.290 e. The molecule has 0 unspecified atom stereocenters. The molecule has 0 amide bonds. The lowest BCUT2D eigenvalue weighted by molar-refractivity contribution is -0.385. The van der Waals surface area contributed by atoms with Gasteiger partial charge in [0.25, 0.3) is 5.69 Å². The fourth-order valence-electron chi connectivity index (χ4n) is 1.99. The largest absolute Gasteiger partial charge is 0.367 e. The zero-order valence-electron chi connectivity index (χ0n) is 10.2. The fraction of sp³-hybridized carbons (Fsp3) is 0.545. The van der Waals surface area contributed by atoms with Gasteiger partial charge < -0.3 is 10.6 Å². The lowest BCUT2D eigenvalue weighted by Crippen LogP contribution is -2.35. The van der Waals surface area contributed by atoms with Crippen LogP contribution in [0.4, 0.5) is 11.5 Å². The molecule has 1 aliphatic rings. The first-order valence-corrected chi connectivity index (χ1v) is 5.75. The van der Waals surface area contributed by atoms with Gasteiger partial charge in [-0.1, -0.05) is 0 Å². The average Bonchev–Trinajstić information content (AvgIpc) is 2.30. The van der Waals surface area contributed by atoms with E-state index in [-0.39, 0.29) is 18.1 Å². The van der Waals surface area contributed by atoms with E-state index in [2.05, 4.69) is 15.6 Å². The monoisotopic (exact) mass is 272 g/mol. The molecule has 0 saturated carbocycles. The molecule has 0 bridgehead atoms. The number of aryl methyl sites for hydroxylation is 1. The van der Waals surface area contributed by atoms with Crippen molar-refractivity contribution in [3.8, 4) is 0 Å². The maximum absolute atomic E-state index is 10.7. The third kappa shape index (κ3) is 3.54. The highest BCUT2D eigenvalue weighted by atomic mass is 35.5. The van der Waals surface area contributed by atoms with E-state index in [0.717, 1.165) is 31.7 Å². The van der Waals surface area contributed by atoms with Gasteiger partial charge in [0.15, 0.2) is 0 Å². The molecule has 0 radical (unpaired) electrons. The Hall–Kier alpha value is -1.40. The van der Waals surface area contributed by atoms with E-state index in [1.165, 1.54) is 6.20 Å². The van der Waals surface area contributed by atoms with Crippen molar-refractivity contribution in [1.29, 1.82) is 0 Å². The molecule has 1 aromatic heterocycles. The number of nitrogens with zero attached hydrogens (tertiary/aromatic N) is 2. The van der Waals surface area contributed by atoms with E-state index in [1.807, 2.05) is 0 Å². The molecule has 2 N–H and O–H groups in total. The zero-order valence-corrected chi connectivity index (χ0v) is 11.0. The predicted octanol–water partition coefficient (Wildman–Crippen LogP) is 1.88. The van der Waals surface area contributed by atoms with Gasteiger partial charge in [-0.2, -0.15) is 0 Å². The second-order valence-electron chi connectivity index (χ2n) is 4.28. The molecule has 2 heterocycles. The molecule has 6 nitrogen and oxygen atoms in total. The Kier molecular flexibility index (Phi) is 5.30. The minimum atomic E-state index is -0.406. The highest BCUT2D eigenvalue weighted by Crippen LogP contribution is 2.20. The standard InChI is InChI=1S/C11H16N4O2.ClH/c1-8-6-11(13-7-10(8)15(16)17)14-9-2-4-12-5-3-9;/h6-7,9,12H,2-5H2,1H3,(H,13,14);1H. The van der Waals surface area contributed by atoms with Crippen LogP contribution in [-0.4, -0.2) is 29.0 Å². The zero-order chi connectivity index (χ0) is 12.3. The molecular weight excluding hydrogens is 256 g/mol. The van der Waals surface area contributed by atoms with Gasteiger partial charge >= 0.3 is 0 Å². The van der Waals surface area contributed by atoms with Crippen molar-refractivity contribution in [2.24, 2.45) is 0 Å². The summed E-state index contributed by atoms with van der Waals surface area (Å²) >= 11 is 0. The summed E-state index contributed by atoms with van der Waals surface area (Å²) in [6.45, 7) is 3.74. The average molecular weight is 273 g/mol. The van der Waals surface area contributed by atoms with Gasteiger partial charge in [-0.05, 0) is 38.9 Å². The molecule has 100 valence electrons. The molecule has 0 spiro atoms. The van der Waals surface area contributed by atoms with Gasteiger partial charge in [-0.25, -0.2) is 4.98 Å². The van der Waals surface area contributed by atoms with Gasteiger partial charge in [0.1, 0.15) is 12.0 Å². The minimum Gasteiger partial charge on any atom is -0.367 e. The number of aromatic nitrogens is 1. The van der Waals surface area contributed by atoms with Crippen molar-refractivity contribution in [1.82, 2.24) is 10.3 Å². The molecule has 2 rings (SSSR count). The van der Waals surface area contributed by atoms with Gasteiger partial charge in [0.2, 0.25) is 0 Å². The van der Waals surface area contributed by atoms with E-state index in [9.17, 15) is 10.1 Å². The van der Waals surface area contributed by atoms with Crippen molar-refractivity contribution < 1.29 is 4.92 Å².